The second kappa shape index (κ2) is 15.7. The monoisotopic (exact) mass is 859 g/mol. The van der Waals surface area contributed by atoms with Gasteiger partial charge in [-0.15, -0.1) is 0 Å². The number of nitrogens with zero attached hydrogens (tertiary/aromatic N) is 1. The van der Waals surface area contributed by atoms with Crippen molar-refractivity contribution in [3.05, 3.63) is 294 Å². The van der Waals surface area contributed by atoms with Crippen molar-refractivity contribution < 1.29 is 0 Å². The molecule has 0 spiro atoms. The van der Waals surface area contributed by atoms with Crippen molar-refractivity contribution in [3.63, 3.8) is 0 Å². The summed E-state index contributed by atoms with van der Waals surface area (Å²) in [5, 5.41) is 5.41. The lowest BCUT2D eigenvalue weighted by atomic mass is 9.68. The van der Waals surface area contributed by atoms with Crippen LogP contribution in [0.5, 0.6) is 0 Å². The van der Waals surface area contributed by atoms with E-state index in [0.717, 1.165) is 5.69 Å². The van der Waals surface area contributed by atoms with Crippen LogP contribution in [-0.4, -0.2) is 8.07 Å². The van der Waals surface area contributed by atoms with Gasteiger partial charge in [0.1, 0.15) is 0 Å². The first-order chi connectivity index (χ1) is 32.5. The molecule has 0 saturated carbocycles. The van der Waals surface area contributed by atoms with Crippen LogP contribution in [-0.2, 0) is 10.8 Å². The van der Waals surface area contributed by atoms with Gasteiger partial charge < -0.3 is 4.90 Å². The molecular weight excluding hydrogens is 811 g/mol. The van der Waals surface area contributed by atoms with Gasteiger partial charge in [0.05, 0.1) is 16.8 Å². The highest BCUT2D eigenvalue weighted by Gasteiger charge is 2.47. The van der Waals surface area contributed by atoms with Gasteiger partial charge in [-0.3, -0.25) is 0 Å². The Bertz CT molecular complexity index is 3260. The summed E-state index contributed by atoms with van der Waals surface area (Å²) in [5.41, 5.74) is 15.9. The Morgan fingerprint density at radius 3 is 1.29 bits per heavy atom. The van der Waals surface area contributed by atoms with E-state index >= 15 is 0 Å². The molecule has 1 nitrogen and oxygen atoms in total. The van der Waals surface area contributed by atoms with Crippen LogP contribution >= 0.6 is 0 Å². The number of fused-ring (bicyclic) bond motifs is 5. The minimum Gasteiger partial charge on any atom is -0.310 e. The summed E-state index contributed by atoms with van der Waals surface area (Å²) in [6.45, 7) is 4.70. The highest BCUT2D eigenvalue weighted by atomic mass is 28.3. The van der Waals surface area contributed by atoms with Gasteiger partial charge in [-0.2, -0.15) is 0 Å². The summed E-state index contributed by atoms with van der Waals surface area (Å²) in [6.07, 6.45) is 0. The Labute approximate surface area is 390 Å². The molecule has 0 atom stereocenters. The average Bonchev–Trinajstić information content (AvgIpc) is 3.69. The maximum absolute atomic E-state index is 2.94. The number of anilines is 3. The van der Waals surface area contributed by atoms with Crippen molar-refractivity contribution in [1.29, 1.82) is 0 Å². The minimum atomic E-state index is -2.94. The van der Waals surface area contributed by atoms with Gasteiger partial charge in [0.2, 0.25) is 0 Å². The lowest BCUT2D eigenvalue weighted by Crippen LogP contribution is -2.74. The quantitative estimate of drug-likeness (QED) is 0.109. The third-order valence-electron chi connectivity index (χ3n) is 14.7. The van der Waals surface area contributed by atoms with E-state index in [1.807, 2.05) is 0 Å². The summed E-state index contributed by atoms with van der Waals surface area (Å²) < 4.78 is 0. The lowest BCUT2D eigenvalue weighted by Gasteiger charge is -2.42. The molecule has 0 saturated heterocycles. The van der Waals surface area contributed by atoms with Crippen molar-refractivity contribution in [3.8, 4) is 22.3 Å². The third kappa shape index (κ3) is 5.92. The molecule has 2 heteroatoms. The van der Waals surface area contributed by atoms with E-state index in [-0.39, 0.29) is 5.41 Å². The standard InChI is InChI=1S/C64H49NSi/c1-63(2)59-36-16-18-38-61(59)65(62-39-19-17-37-60(62)63)50-26-20-22-46(44-50)47-23-21-31-54(45-47)66(51-27-8-4-9-28-51,52-29-10-5-11-30-52)53-42-40-49(41-43-53)64(48-24-6-3-7-25-48)57-34-14-12-32-55(57)56-33-13-15-35-58(56)64/h3-45H,1-2H3. The van der Waals surface area contributed by atoms with E-state index in [0.29, 0.717) is 0 Å². The molecule has 0 N–H and O–H groups in total. The second-order valence-electron chi connectivity index (χ2n) is 18.4. The molecule has 1 heterocycles. The fraction of sp³-hybridized carbons (Fsp3) is 0.0625. The molecule has 1 aliphatic heterocycles. The van der Waals surface area contributed by atoms with Gasteiger partial charge in [0, 0.05) is 11.1 Å². The lowest BCUT2D eigenvalue weighted by molar-refractivity contribution is 0.632. The molecule has 0 amide bonds. The second-order valence-corrected chi connectivity index (χ2v) is 22.2. The van der Waals surface area contributed by atoms with Crippen LogP contribution in [0.15, 0.2) is 261 Å². The van der Waals surface area contributed by atoms with Gasteiger partial charge in [-0.05, 0) is 101 Å². The summed E-state index contributed by atoms with van der Waals surface area (Å²) in [5.74, 6) is 0. The molecule has 0 unspecified atom stereocenters. The van der Waals surface area contributed by atoms with Gasteiger partial charge >= 0.3 is 0 Å². The largest absolute Gasteiger partial charge is 0.310 e. The first-order valence-corrected chi connectivity index (χ1v) is 25.2. The SMILES string of the molecule is CC1(C)c2ccccc2N(c2cccc(-c3cccc([Si](c4ccccc4)(c4ccccc4)c4ccc(C5(c6ccccc6)c6ccccc6-c6ccccc65)cc4)c3)c2)c2ccccc21. The predicted molar refractivity (Wildman–Crippen MR) is 280 cm³/mol. The van der Waals surface area contributed by atoms with Crippen LogP contribution in [0, 0.1) is 0 Å². The van der Waals surface area contributed by atoms with E-state index < -0.39 is 13.5 Å². The van der Waals surface area contributed by atoms with E-state index in [2.05, 4.69) is 280 Å². The average molecular weight is 860 g/mol. The zero-order valence-corrected chi connectivity index (χ0v) is 38.3. The van der Waals surface area contributed by atoms with Crippen LogP contribution < -0.4 is 25.6 Å². The molecule has 0 radical (unpaired) electrons. The smallest absolute Gasteiger partial charge is 0.179 e. The van der Waals surface area contributed by atoms with Crippen molar-refractivity contribution in [2.75, 3.05) is 4.90 Å². The van der Waals surface area contributed by atoms with Gasteiger partial charge in [0.25, 0.3) is 0 Å². The van der Waals surface area contributed by atoms with Crippen molar-refractivity contribution in [2.24, 2.45) is 0 Å². The van der Waals surface area contributed by atoms with Crippen LogP contribution in [0.1, 0.15) is 47.2 Å². The third-order valence-corrected chi connectivity index (χ3v) is 19.5. The maximum atomic E-state index is 2.50. The minimum absolute atomic E-state index is 0.120. The molecule has 66 heavy (non-hydrogen) atoms. The van der Waals surface area contributed by atoms with Crippen LogP contribution in [0.3, 0.4) is 0 Å². The first-order valence-electron chi connectivity index (χ1n) is 23.2. The van der Waals surface area contributed by atoms with E-state index in [4.69, 9.17) is 0 Å². The van der Waals surface area contributed by atoms with Crippen LogP contribution in [0.4, 0.5) is 17.1 Å². The molecular formula is C64H49NSi. The molecule has 0 bridgehead atoms. The highest BCUT2D eigenvalue weighted by Crippen LogP contribution is 2.56. The summed E-state index contributed by atoms with van der Waals surface area (Å²) in [4.78, 5) is 2.46. The van der Waals surface area contributed by atoms with Crippen molar-refractivity contribution in [1.82, 2.24) is 0 Å². The zero-order valence-electron chi connectivity index (χ0n) is 37.3. The number of benzene rings is 10. The fourth-order valence-electron chi connectivity index (χ4n) is 11.8. The highest BCUT2D eigenvalue weighted by molar-refractivity contribution is 7.19. The number of hydrogen-bond donors (Lipinski definition) is 0. The van der Waals surface area contributed by atoms with Crippen LogP contribution in [0.2, 0.25) is 0 Å². The normalized spacial score (nSPS) is 14.1. The molecule has 10 aromatic carbocycles. The van der Waals surface area contributed by atoms with E-state index in [1.165, 1.54) is 87.8 Å². The van der Waals surface area contributed by atoms with Crippen molar-refractivity contribution in [2.45, 2.75) is 24.7 Å². The summed E-state index contributed by atoms with van der Waals surface area (Å²) >= 11 is 0. The summed E-state index contributed by atoms with van der Waals surface area (Å²) in [7, 11) is -2.94. The number of hydrogen-bond acceptors (Lipinski definition) is 1. The summed E-state index contributed by atoms with van der Waals surface area (Å²) in [6, 6.07) is 98.0. The Morgan fingerprint density at radius 2 is 0.727 bits per heavy atom. The number of rotatable bonds is 8. The Kier molecular flexibility index (Phi) is 9.48. The van der Waals surface area contributed by atoms with Crippen molar-refractivity contribution >= 4 is 45.9 Å². The topological polar surface area (TPSA) is 3.24 Å². The van der Waals surface area contributed by atoms with Crippen LogP contribution in [0.25, 0.3) is 22.3 Å². The molecule has 10 aromatic rings. The van der Waals surface area contributed by atoms with Gasteiger partial charge in [-0.1, -0.05) is 250 Å². The molecule has 0 aromatic heterocycles. The number of para-hydroxylation sites is 2. The van der Waals surface area contributed by atoms with E-state index in [9.17, 15) is 0 Å². The maximum Gasteiger partial charge on any atom is 0.179 e. The molecule has 1 aliphatic carbocycles. The molecule has 2 aliphatic rings. The molecule has 0 fully saturated rings. The Balaban J connectivity index is 1.04. The molecule has 314 valence electrons. The fourth-order valence-corrected chi connectivity index (χ4v) is 16.5. The zero-order chi connectivity index (χ0) is 44.3. The molecule has 12 rings (SSSR count). The predicted octanol–water partition coefficient (Wildman–Crippen LogP) is 13.2. The van der Waals surface area contributed by atoms with E-state index in [1.54, 1.807) is 0 Å². The Hall–Kier alpha value is -7.78. The first kappa shape index (κ1) is 39.8. The Morgan fingerprint density at radius 1 is 0.318 bits per heavy atom. The van der Waals surface area contributed by atoms with Gasteiger partial charge in [0.15, 0.2) is 8.07 Å². The van der Waals surface area contributed by atoms with Gasteiger partial charge in [-0.25, -0.2) is 0 Å².